The minimum absolute atomic E-state index is 0.0320. The molecule has 2 aromatic carbocycles. The highest BCUT2D eigenvalue weighted by molar-refractivity contribution is 9.11. The number of aromatic hydroxyl groups is 1. The van der Waals surface area contributed by atoms with Crippen molar-refractivity contribution in [2.24, 2.45) is 0 Å². The van der Waals surface area contributed by atoms with Crippen LogP contribution >= 0.6 is 31.9 Å². The fourth-order valence-electron chi connectivity index (χ4n) is 2.17. The topological polar surface area (TPSA) is 75.6 Å². The van der Waals surface area contributed by atoms with Crippen LogP contribution in [0.1, 0.15) is 21.5 Å². The van der Waals surface area contributed by atoms with E-state index in [9.17, 15) is 14.7 Å². The molecule has 0 aliphatic heterocycles. The van der Waals surface area contributed by atoms with Gasteiger partial charge in [0.25, 0.3) is 5.91 Å². The predicted octanol–water partition coefficient (Wildman–Crippen LogP) is 4.33. The van der Waals surface area contributed by atoms with Crippen LogP contribution in [0.15, 0.2) is 39.3 Å². The average Bonchev–Trinajstić information content (AvgIpc) is 2.47. The molecule has 0 atom stereocenters. The zero-order valence-corrected chi connectivity index (χ0v) is 16.2. The smallest absolute Gasteiger partial charge is 0.342 e. The summed E-state index contributed by atoms with van der Waals surface area (Å²) in [6, 6.07) is 8.65. The lowest BCUT2D eigenvalue weighted by Gasteiger charge is -2.10. The fraction of sp³-hybridized carbons (Fsp3) is 0.176. The lowest BCUT2D eigenvalue weighted by molar-refractivity contribution is -0.119. The summed E-state index contributed by atoms with van der Waals surface area (Å²) < 4.78 is 5.91. The van der Waals surface area contributed by atoms with E-state index in [2.05, 4.69) is 37.2 Å². The maximum atomic E-state index is 12.0. The van der Waals surface area contributed by atoms with Gasteiger partial charge in [-0.3, -0.25) is 4.79 Å². The highest BCUT2D eigenvalue weighted by Crippen LogP contribution is 2.32. The summed E-state index contributed by atoms with van der Waals surface area (Å²) in [5.74, 6) is -1.48. The Morgan fingerprint density at radius 1 is 1.08 bits per heavy atom. The number of rotatable bonds is 4. The molecule has 5 nitrogen and oxygen atoms in total. The second kappa shape index (κ2) is 7.81. The van der Waals surface area contributed by atoms with Crippen LogP contribution in [0.5, 0.6) is 5.75 Å². The number of nitrogens with one attached hydrogen (secondary N) is 1. The highest BCUT2D eigenvalue weighted by Gasteiger charge is 2.17. The third kappa shape index (κ3) is 4.82. The Morgan fingerprint density at radius 3 is 2.33 bits per heavy atom. The summed E-state index contributed by atoms with van der Waals surface area (Å²) >= 11 is 6.36. The maximum Gasteiger partial charge on any atom is 0.342 e. The van der Waals surface area contributed by atoms with E-state index < -0.39 is 18.5 Å². The van der Waals surface area contributed by atoms with Gasteiger partial charge in [-0.25, -0.2) is 4.79 Å². The first-order valence-electron chi connectivity index (χ1n) is 6.99. The summed E-state index contributed by atoms with van der Waals surface area (Å²) in [4.78, 5) is 24.0. The van der Waals surface area contributed by atoms with Crippen molar-refractivity contribution < 1.29 is 19.4 Å². The van der Waals surface area contributed by atoms with Gasteiger partial charge in [-0.2, -0.15) is 0 Å². The molecule has 0 radical (unpaired) electrons. The van der Waals surface area contributed by atoms with Crippen LogP contribution in [0.4, 0.5) is 5.69 Å². The first-order chi connectivity index (χ1) is 11.3. The number of phenolic OH excluding ortho intramolecular Hbond substituents is 1. The molecule has 0 saturated heterocycles. The first-order valence-corrected chi connectivity index (χ1v) is 8.58. The zero-order valence-electron chi connectivity index (χ0n) is 13.0. The largest absolute Gasteiger partial charge is 0.506 e. The van der Waals surface area contributed by atoms with Crippen LogP contribution < -0.4 is 5.32 Å². The number of aryl methyl sites for hydroxylation is 2. The number of amides is 1. The average molecular weight is 457 g/mol. The van der Waals surface area contributed by atoms with Crippen LogP contribution in [0.2, 0.25) is 0 Å². The van der Waals surface area contributed by atoms with E-state index in [1.807, 2.05) is 32.0 Å². The number of ether oxygens (including phenoxy) is 1. The van der Waals surface area contributed by atoms with E-state index in [-0.39, 0.29) is 11.3 Å². The molecule has 2 rings (SSSR count). The molecule has 0 heterocycles. The van der Waals surface area contributed by atoms with Crippen molar-refractivity contribution in [3.63, 3.8) is 0 Å². The summed E-state index contributed by atoms with van der Waals surface area (Å²) in [6.45, 7) is 3.41. The third-order valence-corrected chi connectivity index (χ3v) is 4.15. The van der Waals surface area contributed by atoms with Crippen molar-refractivity contribution in [1.29, 1.82) is 0 Å². The van der Waals surface area contributed by atoms with Crippen molar-refractivity contribution in [2.75, 3.05) is 11.9 Å². The minimum Gasteiger partial charge on any atom is -0.506 e. The summed E-state index contributed by atoms with van der Waals surface area (Å²) in [7, 11) is 0. The Hall–Kier alpha value is -1.86. The van der Waals surface area contributed by atoms with E-state index in [4.69, 9.17) is 4.74 Å². The fourth-order valence-corrected chi connectivity index (χ4v) is 3.40. The zero-order chi connectivity index (χ0) is 17.9. The summed E-state index contributed by atoms with van der Waals surface area (Å²) in [5.41, 5.74) is 2.65. The predicted molar refractivity (Wildman–Crippen MR) is 98.3 cm³/mol. The molecular weight excluding hydrogens is 442 g/mol. The third-order valence-electron chi connectivity index (χ3n) is 3.09. The van der Waals surface area contributed by atoms with Gasteiger partial charge in [0.2, 0.25) is 0 Å². The molecule has 1 amide bonds. The van der Waals surface area contributed by atoms with Gasteiger partial charge in [-0.1, -0.05) is 22.0 Å². The molecule has 0 aliphatic rings. The number of esters is 1. The van der Waals surface area contributed by atoms with Crippen LogP contribution in [-0.4, -0.2) is 23.6 Å². The monoisotopic (exact) mass is 455 g/mol. The molecule has 0 bridgehead atoms. The number of carbonyl (C=O) groups is 2. The molecule has 0 fully saturated rings. The van der Waals surface area contributed by atoms with E-state index in [1.54, 1.807) is 6.07 Å². The highest BCUT2D eigenvalue weighted by atomic mass is 79.9. The van der Waals surface area contributed by atoms with E-state index in [1.165, 1.54) is 6.07 Å². The molecular formula is C17H15Br2NO4. The van der Waals surface area contributed by atoms with Crippen molar-refractivity contribution in [2.45, 2.75) is 13.8 Å². The van der Waals surface area contributed by atoms with Crippen molar-refractivity contribution in [3.05, 3.63) is 56.0 Å². The standard InChI is InChI=1S/C17H15Br2NO4/c1-9-3-10(2)5-12(4-9)20-15(21)8-24-17(23)13-6-11(18)7-14(19)16(13)22/h3-7,22H,8H2,1-2H3,(H,20,21). The number of phenols is 1. The van der Waals surface area contributed by atoms with Crippen LogP contribution in [0.3, 0.4) is 0 Å². The van der Waals surface area contributed by atoms with E-state index in [0.717, 1.165) is 11.1 Å². The van der Waals surface area contributed by atoms with Gasteiger partial charge in [-0.05, 0) is 65.2 Å². The van der Waals surface area contributed by atoms with Crippen molar-refractivity contribution in [1.82, 2.24) is 0 Å². The van der Waals surface area contributed by atoms with Gasteiger partial charge in [0.1, 0.15) is 11.3 Å². The lowest BCUT2D eigenvalue weighted by Crippen LogP contribution is -2.21. The number of anilines is 1. The Labute approximate surface area is 156 Å². The van der Waals surface area contributed by atoms with Gasteiger partial charge >= 0.3 is 5.97 Å². The molecule has 0 aromatic heterocycles. The van der Waals surface area contributed by atoms with Crippen molar-refractivity contribution in [3.8, 4) is 5.75 Å². The second-order valence-electron chi connectivity index (χ2n) is 5.28. The van der Waals surface area contributed by atoms with Gasteiger partial charge in [0.05, 0.1) is 4.47 Å². The molecule has 126 valence electrons. The summed E-state index contributed by atoms with van der Waals surface area (Å²) in [5, 5.41) is 12.6. The molecule has 0 spiro atoms. The molecule has 7 heteroatoms. The van der Waals surface area contributed by atoms with E-state index in [0.29, 0.717) is 14.6 Å². The molecule has 0 aliphatic carbocycles. The molecule has 0 unspecified atom stereocenters. The van der Waals surface area contributed by atoms with Gasteiger partial charge in [0, 0.05) is 10.2 Å². The van der Waals surface area contributed by atoms with Crippen LogP contribution in [0.25, 0.3) is 0 Å². The maximum absolute atomic E-state index is 12.0. The number of hydrogen-bond acceptors (Lipinski definition) is 4. The Bertz CT molecular complexity index is 785. The molecule has 2 aromatic rings. The van der Waals surface area contributed by atoms with E-state index >= 15 is 0 Å². The SMILES string of the molecule is Cc1cc(C)cc(NC(=O)COC(=O)c2cc(Br)cc(Br)c2O)c1. The van der Waals surface area contributed by atoms with Crippen LogP contribution in [0, 0.1) is 13.8 Å². The van der Waals surface area contributed by atoms with Gasteiger partial charge in [0.15, 0.2) is 6.61 Å². The quantitative estimate of drug-likeness (QED) is 0.671. The number of benzene rings is 2. The number of carbonyl (C=O) groups excluding carboxylic acids is 2. The van der Waals surface area contributed by atoms with Gasteiger partial charge < -0.3 is 15.2 Å². The lowest BCUT2D eigenvalue weighted by atomic mass is 10.1. The Balaban J connectivity index is 2.00. The number of halogens is 2. The molecule has 24 heavy (non-hydrogen) atoms. The summed E-state index contributed by atoms with van der Waals surface area (Å²) in [6.07, 6.45) is 0. The van der Waals surface area contributed by atoms with Crippen LogP contribution in [-0.2, 0) is 9.53 Å². The normalized spacial score (nSPS) is 10.3. The molecule has 0 saturated carbocycles. The Morgan fingerprint density at radius 2 is 1.71 bits per heavy atom. The second-order valence-corrected chi connectivity index (χ2v) is 7.05. The first kappa shape index (κ1) is 18.5. The molecule has 2 N–H and O–H groups in total. The minimum atomic E-state index is -0.787. The Kier molecular flexibility index (Phi) is 6.01. The van der Waals surface area contributed by atoms with Gasteiger partial charge in [-0.15, -0.1) is 0 Å². The van der Waals surface area contributed by atoms with Crippen molar-refractivity contribution >= 4 is 49.4 Å². The number of hydrogen-bond donors (Lipinski definition) is 2.